The monoisotopic (exact) mass is 256 g/mol. The van der Waals surface area contributed by atoms with Crippen molar-refractivity contribution in [2.24, 2.45) is 0 Å². The summed E-state index contributed by atoms with van der Waals surface area (Å²) in [5, 5.41) is 5.24. The molecule has 2 rings (SSSR count). The number of carbonyl (C=O) groups is 1. The van der Waals surface area contributed by atoms with Gasteiger partial charge in [-0.1, -0.05) is 30.3 Å². The number of urea groups is 1. The first-order chi connectivity index (χ1) is 9.28. The van der Waals surface area contributed by atoms with E-state index >= 15 is 0 Å². The van der Waals surface area contributed by atoms with E-state index < -0.39 is 0 Å². The molecule has 0 atom stereocenters. The molecule has 0 unspecified atom stereocenters. The minimum Gasteiger partial charge on any atom is -0.457 e. The van der Waals surface area contributed by atoms with Crippen LogP contribution in [0, 0.1) is 0 Å². The number of nitrogens with one attached hydrogen (secondary N) is 2. The van der Waals surface area contributed by atoms with E-state index in [2.05, 4.69) is 10.6 Å². The van der Waals surface area contributed by atoms with Gasteiger partial charge < -0.3 is 15.4 Å². The van der Waals surface area contributed by atoms with Crippen LogP contribution in [-0.4, -0.2) is 13.1 Å². The number of carbonyl (C=O) groups excluding carboxylic acids is 1. The quantitative estimate of drug-likeness (QED) is 0.883. The first-order valence-corrected chi connectivity index (χ1v) is 6.05. The number of ether oxygens (including phenoxy) is 1. The number of benzene rings is 2. The molecule has 4 heteroatoms. The Morgan fingerprint density at radius 1 is 1.05 bits per heavy atom. The highest BCUT2D eigenvalue weighted by molar-refractivity contribution is 5.73. The van der Waals surface area contributed by atoms with Gasteiger partial charge in [-0.25, -0.2) is 4.79 Å². The lowest BCUT2D eigenvalue weighted by atomic mass is 10.2. The number of rotatable bonds is 4. The molecular weight excluding hydrogens is 240 g/mol. The van der Waals surface area contributed by atoms with Crippen molar-refractivity contribution in [2.45, 2.75) is 6.54 Å². The molecule has 2 N–H and O–H groups in total. The largest absolute Gasteiger partial charge is 0.457 e. The van der Waals surface area contributed by atoms with Crippen molar-refractivity contribution in [1.29, 1.82) is 0 Å². The second-order valence-corrected chi connectivity index (χ2v) is 4.00. The van der Waals surface area contributed by atoms with Gasteiger partial charge in [-0.2, -0.15) is 0 Å². The average Bonchev–Trinajstić information content (AvgIpc) is 2.46. The third-order valence-electron chi connectivity index (χ3n) is 2.56. The fraction of sp³-hybridized carbons (Fsp3) is 0.133. The van der Waals surface area contributed by atoms with Crippen molar-refractivity contribution < 1.29 is 9.53 Å². The molecule has 2 aromatic carbocycles. The van der Waals surface area contributed by atoms with Gasteiger partial charge in [0.15, 0.2) is 0 Å². The number of amides is 2. The van der Waals surface area contributed by atoms with Gasteiger partial charge >= 0.3 is 6.03 Å². The molecule has 0 saturated heterocycles. The van der Waals surface area contributed by atoms with Crippen LogP contribution in [0.4, 0.5) is 4.79 Å². The molecule has 98 valence electrons. The lowest BCUT2D eigenvalue weighted by molar-refractivity contribution is 0.242. The van der Waals surface area contributed by atoms with Gasteiger partial charge in [0.25, 0.3) is 0 Å². The Hall–Kier alpha value is -2.49. The molecule has 0 aromatic heterocycles. The van der Waals surface area contributed by atoms with Crippen molar-refractivity contribution >= 4 is 6.03 Å². The summed E-state index contributed by atoms with van der Waals surface area (Å²) >= 11 is 0. The van der Waals surface area contributed by atoms with Gasteiger partial charge in [-0.05, 0) is 29.8 Å². The molecule has 0 fully saturated rings. The van der Waals surface area contributed by atoms with Crippen LogP contribution in [-0.2, 0) is 6.54 Å². The Balaban J connectivity index is 2.01. The Morgan fingerprint density at radius 3 is 2.53 bits per heavy atom. The third kappa shape index (κ3) is 4.03. The third-order valence-corrected chi connectivity index (χ3v) is 2.56. The highest BCUT2D eigenvalue weighted by Crippen LogP contribution is 2.21. The van der Waals surface area contributed by atoms with Crippen LogP contribution in [0.1, 0.15) is 5.56 Å². The first-order valence-electron chi connectivity index (χ1n) is 6.05. The number of hydrogen-bond donors (Lipinski definition) is 2. The van der Waals surface area contributed by atoms with E-state index in [4.69, 9.17) is 4.74 Å². The van der Waals surface area contributed by atoms with Crippen LogP contribution >= 0.6 is 0 Å². The normalized spacial score (nSPS) is 9.74. The SMILES string of the molecule is CNC(=O)NCc1cccc(Oc2ccccc2)c1. The highest BCUT2D eigenvalue weighted by atomic mass is 16.5. The lowest BCUT2D eigenvalue weighted by Gasteiger charge is -2.08. The Labute approximate surface area is 112 Å². The van der Waals surface area contributed by atoms with Gasteiger partial charge in [0, 0.05) is 13.6 Å². The fourth-order valence-corrected chi connectivity index (χ4v) is 1.61. The summed E-state index contributed by atoms with van der Waals surface area (Å²) in [4.78, 5) is 11.1. The summed E-state index contributed by atoms with van der Waals surface area (Å²) < 4.78 is 5.72. The number of para-hydroxylation sites is 1. The van der Waals surface area contributed by atoms with Gasteiger partial charge in [0.05, 0.1) is 0 Å². The van der Waals surface area contributed by atoms with Crippen LogP contribution in [0.5, 0.6) is 11.5 Å². The van der Waals surface area contributed by atoms with E-state index in [1.165, 1.54) is 0 Å². The van der Waals surface area contributed by atoms with E-state index in [0.29, 0.717) is 6.54 Å². The van der Waals surface area contributed by atoms with Gasteiger partial charge in [-0.15, -0.1) is 0 Å². The van der Waals surface area contributed by atoms with Crippen LogP contribution < -0.4 is 15.4 Å². The molecule has 4 nitrogen and oxygen atoms in total. The molecule has 0 spiro atoms. The molecular formula is C15H16N2O2. The zero-order valence-electron chi connectivity index (χ0n) is 10.7. The van der Waals surface area contributed by atoms with Crippen molar-refractivity contribution in [3.8, 4) is 11.5 Å². The summed E-state index contributed by atoms with van der Waals surface area (Å²) in [6.07, 6.45) is 0. The predicted molar refractivity (Wildman–Crippen MR) is 74.3 cm³/mol. The van der Waals surface area contributed by atoms with Crippen LogP contribution in [0.2, 0.25) is 0 Å². The molecule has 0 aliphatic rings. The molecule has 0 heterocycles. The van der Waals surface area contributed by atoms with E-state index in [-0.39, 0.29) is 6.03 Å². The predicted octanol–water partition coefficient (Wildman–Crippen LogP) is 2.91. The Bertz CT molecular complexity index is 541. The second-order valence-electron chi connectivity index (χ2n) is 4.00. The second kappa shape index (κ2) is 6.44. The minimum atomic E-state index is -0.200. The Kier molecular flexibility index (Phi) is 4.39. The molecule has 0 bridgehead atoms. The summed E-state index contributed by atoms with van der Waals surface area (Å²) in [7, 11) is 1.59. The van der Waals surface area contributed by atoms with Crippen LogP contribution in [0.3, 0.4) is 0 Å². The maximum Gasteiger partial charge on any atom is 0.314 e. The smallest absolute Gasteiger partial charge is 0.314 e. The van der Waals surface area contributed by atoms with Crippen molar-refractivity contribution in [3.63, 3.8) is 0 Å². The molecule has 0 radical (unpaired) electrons. The standard InChI is InChI=1S/C15H16N2O2/c1-16-15(18)17-11-12-6-5-9-14(10-12)19-13-7-3-2-4-8-13/h2-10H,11H2,1H3,(H2,16,17,18). The molecule has 0 saturated carbocycles. The summed E-state index contributed by atoms with van der Waals surface area (Å²) in [5.41, 5.74) is 0.983. The topological polar surface area (TPSA) is 50.4 Å². The van der Waals surface area contributed by atoms with Crippen molar-refractivity contribution in [2.75, 3.05) is 7.05 Å². The summed E-state index contributed by atoms with van der Waals surface area (Å²) in [6, 6.07) is 17.0. The van der Waals surface area contributed by atoms with Gasteiger partial charge in [-0.3, -0.25) is 0 Å². The van der Waals surface area contributed by atoms with E-state index in [9.17, 15) is 4.79 Å². The number of hydrogen-bond acceptors (Lipinski definition) is 2. The van der Waals surface area contributed by atoms with Crippen molar-refractivity contribution in [1.82, 2.24) is 10.6 Å². The molecule has 0 aliphatic heterocycles. The maximum absolute atomic E-state index is 11.1. The first kappa shape index (κ1) is 13.0. The zero-order valence-corrected chi connectivity index (χ0v) is 10.7. The molecule has 2 amide bonds. The van der Waals surface area contributed by atoms with Crippen LogP contribution in [0.15, 0.2) is 54.6 Å². The minimum absolute atomic E-state index is 0.200. The van der Waals surface area contributed by atoms with Gasteiger partial charge in [0.2, 0.25) is 0 Å². The summed E-state index contributed by atoms with van der Waals surface area (Å²) in [5.74, 6) is 1.54. The fourth-order valence-electron chi connectivity index (χ4n) is 1.61. The molecule has 19 heavy (non-hydrogen) atoms. The van der Waals surface area contributed by atoms with Crippen molar-refractivity contribution in [3.05, 3.63) is 60.2 Å². The molecule has 0 aliphatic carbocycles. The summed E-state index contributed by atoms with van der Waals surface area (Å²) in [6.45, 7) is 0.464. The lowest BCUT2D eigenvalue weighted by Crippen LogP contribution is -2.32. The van der Waals surface area contributed by atoms with E-state index in [0.717, 1.165) is 17.1 Å². The van der Waals surface area contributed by atoms with E-state index in [1.54, 1.807) is 7.05 Å². The molecule has 2 aromatic rings. The van der Waals surface area contributed by atoms with Crippen LogP contribution in [0.25, 0.3) is 0 Å². The van der Waals surface area contributed by atoms with Gasteiger partial charge in [0.1, 0.15) is 11.5 Å². The van der Waals surface area contributed by atoms with E-state index in [1.807, 2.05) is 54.6 Å². The maximum atomic E-state index is 11.1. The zero-order chi connectivity index (χ0) is 13.5. The average molecular weight is 256 g/mol. The Morgan fingerprint density at radius 2 is 1.79 bits per heavy atom. The highest BCUT2D eigenvalue weighted by Gasteiger charge is 2.00.